The number of sulfonamides is 1. The number of hydrogen-bond acceptors (Lipinski definition) is 8. The number of aromatic nitrogens is 2. The Morgan fingerprint density at radius 3 is 2.47 bits per heavy atom. The molecule has 3 heterocycles. The van der Waals surface area contributed by atoms with Gasteiger partial charge in [0.15, 0.2) is 0 Å². The Bertz CT molecular complexity index is 1280. The molecule has 0 atom stereocenters. The van der Waals surface area contributed by atoms with Crippen molar-refractivity contribution in [3.05, 3.63) is 60.0 Å². The maximum absolute atomic E-state index is 12.8. The third kappa shape index (κ3) is 4.17. The van der Waals surface area contributed by atoms with Gasteiger partial charge in [-0.3, -0.25) is 4.79 Å². The van der Waals surface area contributed by atoms with Crippen molar-refractivity contribution in [1.29, 1.82) is 0 Å². The number of carbonyl (C=O) groups is 1. The summed E-state index contributed by atoms with van der Waals surface area (Å²) < 4.78 is 42.9. The number of hydrogen-bond donors (Lipinski definition) is 0. The maximum atomic E-state index is 12.8. The lowest BCUT2D eigenvalue weighted by Crippen LogP contribution is -2.48. The molecule has 1 aromatic heterocycles. The van der Waals surface area contributed by atoms with Crippen LogP contribution in [0.15, 0.2) is 57.9 Å². The molecule has 0 spiro atoms. The van der Waals surface area contributed by atoms with Crippen molar-refractivity contribution in [2.45, 2.75) is 10.8 Å². The van der Waals surface area contributed by atoms with Crippen LogP contribution in [0.1, 0.15) is 22.2 Å². The number of rotatable bonds is 6. The Balaban J connectivity index is 1.22. The number of morpholine rings is 1. The van der Waals surface area contributed by atoms with E-state index in [9.17, 15) is 13.2 Å². The van der Waals surface area contributed by atoms with Crippen molar-refractivity contribution in [3.63, 3.8) is 0 Å². The van der Waals surface area contributed by atoms with Crippen LogP contribution in [0.3, 0.4) is 0 Å². The molecule has 0 unspecified atom stereocenters. The minimum atomic E-state index is -3.59. The highest BCUT2D eigenvalue weighted by atomic mass is 32.2. The summed E-state index contributed by atoms with van der Waals surface area (Å²) in [6, 6.07) is 13.5. The molecule has 0 N–H and O–H groups in total. The van der Waals surface area contributed by atoms with Gasteiger partial charge in [-0.1, -0.05) is 17.3 Å². The molecule has 2 saturated heterocycles. The van der Waals surface area contributed by atoms with Gasteiger partial charge >= 0.3 is 0 Å². The summed E-state index contributed by atoms with van der Waals surface area (Å²) in [4.78, 5) is 19.2. The van der Waals surface area contributed by atoms with Crippen LogP contribution in [0, 0.1) is 0 Å². The molecule has 3 aromatic rings. The SMILES string of the molecule is COc1ccccc1-c1noc(C2CN(C(=O)c3ccc(S(=O)(=O)N4CCOCC4)cc3)C2)n1. The molecular weight excluding hydrogens is 460 g/mol. The zero-order chi connectivity index (χ0) is 23.7. The second-order valence-electron chi connectivity index (χ2n) is 8.10. The molecule has 2 aliphatic heterocycles. The van der Waals surface area contributed by atoms with Crippen LogP contribution < -0.4 is 4.74 Å². The molecule has 0 radical (unpaired) electrons. The summed E-state index contributed by atoms with van der Waals surface area (Å²) in [5.74, 6) is 1.34. The second-order valence-corrected chi connectivity index (χ2v) is 10.0. The molecule has 0 aliphatic carbocycles. The van der Waals surface area contributed by atoms with Gasteiger partial charge in [0, 0.05) is 31.7 Å². The van der Waals surface area contributed by atoms with E-state index in [0.717, 1.165) is 5.56 Å². The molecule has 2 aliphatic rings. The number of likely N-dealkylation sites (tertiary alicyclic amines) is 1. The lowest BCUT2D eigenvalue weighted by molar-refractivity contribution is 0.0569. The summed E-state index contributed by atoms with van der Waals surface area (Å²) in [7, 11) is -2.01. The molecule has 2 fully saturated rings. The second kappa shape index (κ2) is 9.16. The number of methoxy groups -OCH3 is 1. The Kier molecular flexibility index (Phi) is 6.07. The fraction of sp³-hybridized carbons (Fsp3) is 0.348. The van der Waals surface area contributed by atoms with Crippen LogP contribution in [-0.4, -0.2) is 80.2 Å². The Morgan fingerprint density at radius 1 is 1.06 bits per heavy atom. The van der Waals surface area contributed by atoms with E-state index in [1.165, 1.54) is 16.4 Å². The third-order valence-electron chi connectivity index (χ3n) is 6.02. The fourth-order valence-corrected chi connectivity index (χ4v) is 5.44. The highest BCUT2D eigenvalue weighted by Crippen LogP contribution is 2.32. The number of ether oxygens (including phenoxy) is 2. The highest BCUT2D eigenvalue weighted by Gasteiger charge is 2.36. The molecule has 2 aromatic carbocycles. The van der Waals surface area contributed by atoms with Crippen LogP contribution in [0.4, 0.5) is 0 Å². The van der Waals surface area contributed by atoms with E-state index in [4.69, 9.17) is 14.0 Å². The molecular formula is C23H24N4O6S. The smallest absolute Gasteiger partial charge is 0.253 e. The van der Waals surface area contributed by atoms with Crippen molar-refractivity contribution in [3.8, 4) is 17.1 Å². The van der Waals surface area contributed by atoms with Gasteiger partial charge in [0.1, 0.15) is 5.75 Å². The fourth-order valence-electron chi connectivity index (χ4n) is 4.03. The average Bonchev–Trinajstić information content (AvgIpc) is 3.33. The van der Waals surface area contributed by atoms with Crippen LogP contribution in [0.25, 0.3) is 11.4 Å². The average molecular weight is 485 g/mol. The first-order valence-electron chi connectivity index (χ1n) is 10.9. The quantitative estimate of drug-likeness (QED) is 0.522. The van der Waals surface area contributed by atoms with Gasteiger partial charge in [0.2, 0.25) is 21.7 Å². The standard InChI is InChI=1S/C23H24N4O6S/c1-31-20-5-3-2-4-19(20)21-24-22(33-25-21)17-14-26(15-17)23(28)16-6-8-18(9-7-16)34(29,30)27-10-12-32-13-11-27/h2-9,17H,10-15H2,1H3. The van der Waals surface area contributed by atoms with Crippen LogP contribution in [0.5, 0.6) is 5.75 Å². The largest absolute Gasteiger partial charge is 0.496 e. The molecule has 11 heteroatoms. The minimum absolute atomic E-state index is 0.0547. The summed E-state index contributed by atoms with van der Waals surface area (Å²) in [5, 5.41) is 4.06. The van der Waals surface area contributed by atoms with E-state index in [-0.39, 0.29) is 16.7 Å². The number of para-hydroxylation sites is 1. The monoisotopic (exact) mass is 484 g/mol. The van der Waals surface area contributed by atoms with E-state index < -0.39 is 10.0 Å². The minimum Gasteiger partial charge on any atom is -0.496 e. The van der Waals surface area contributed by atoms with Gasteiger partial charge in [-0.05, 0) is 36.4 Å². The van der Waals surface area contributed by atoms with Crippen molar-refractivity contribution < 1.29 is 27.2 Å². The van der Waals surface area contributed by atoms with Crippen molar-refractivity contribution in [2.24, 2.45) is 0 Å². The zero-order valence-corrected chi connectivity index (χ0v) is 19.4. The van der Waals surface area contributed by atoms with Crippen LogP contribution >= 0.6 is 0 Å². The predicted octanol–water partition coefficient (Wildman–Crippen LogP) is 2.01. The summed E-state index contributed by atoms with van der Waals surface area (Å²) in [5.41, 5.74) is 1.17. The molecule has 34 heavy (non-hydrogen) atoms. The van der Waals surface area contributed by atoms with Gasteiger partial charge in [-0.15, -0.1) is 0 Å². The summed E-state index contributed by atoms with van der Waals surface area (Å²) in [6.45, 7) is 2.30. The van der Waals surface area contributed by atoms with Gasteiger partial charge in [0.05, 0.1) is 36.7 Å². The van der Waals surface area contributed by atoms with E-state index in [2.05, 4.69) is 10.1 Å². The zero-order valence-electron chi connectivity index (χ0n) is 18.6. The molecule has 5 rings (SSSR count). The number of carbonyl (C=O) groups excluding carboxylic acids is 1. The van der Waals surface area contributed by atoms with Crippen molar-refractivity contribution >= 4 is 15.9 Å². The first-order valence-corrected chi connectivity index (χ1v) is 12.4. The maximum Gasteiger partial charge on any atom is 0.253 e. The molecule has 10 nitrogen and oxygen atoms in total. The summed E-state index contributed by atoms with van der Waals surface area (Å²) in [6.07, 6.45) is 0. The van der Waals surface area contributed by atoms with Crippen molar-refractivity contribution in [1.82, 2.24) is 19.3 Å². The lowest BCUT2D eigenvalue weighted by atomic mass is 9.98. The van der Waals surface area contributed by atoms with E-state index in [1.54, 1.807) is 24.1 Å². The lowest BCUT2D eigenvalue weighted by Gasteiger charge is -2.37. The molecule has 0 bridgehead atoms. The predicted molar refractivity (Wildman–Crippen MR) is 121 cm³/mol. The summed E-state index contributed by atoms with van der Waals surface area (Å²) >= 11 is 0. The highest BCUT2D eigenvalue weighted by molar-refractivity contribution is 7.89. The van der Waals surface area contributed by atoms with Crippen LogP contribution in [0.2, 0.25) is 0 Å². The number of amides is 1. The van der Waals surface area contributed by atoms with E-state index >= 15 is 0 Å². The molecule has 0 saturated carbocycles. The number of nitrogens with zero attached hydrogens (tertiary/aromatic N) is 4. The first-order chi connectivity index (χ1) is 16.5. The van der Waals surface area contributed by atoms with Gasteiger partial charge in [-0.2, -0.15) is 9.29 Å². The normalized spacial score (nSPS) is 17.4. The Labute approximate surface area is 197 Å². The van der Waals surface area contributed by atoms with Gasteiger partial charge < -0.3 is 18.9 Å². The van der Waals surface area contributed by atoms with E-state index in [1.807, 2.05) is 24.3 Å². The molecule has 1 amide bonds. The van der Waals surface area contributed by atoms with Crippen molar-refractivity contribution in [2.75, 3.05) is 46.5 Å². The third-order valence-corrected chi connectivity index (χ3v) is 7.93. The number of benzene rings is 2. The Hall–Kier alpha value is -3.28. The Morgan fingerprint density at radius 2 is 1.76 bits per heavy atom. The van der Waals surface area contributed by atoms with Gasteiger partial charge in [0.25, 0.3) is 5.91 Å². The van der Waals surface area contributed by atoms with Gasteiger partial charge in [-0.25, -0.2) is 8.42 Å². The van der Waals surface area contributed by atoms with E-state index in [0.29, 0.717) is 62.4 Å². The van der Waals surface area contributed by atoms with Crippen LogP contribution in [-0.2, 0) is 14.8 Å². The topological polar surface area (TPSA) is 115 Å². The molecule has 178 valence electrons. The first kappa shape index (κ1) is 22.5.